The van der Waals surface area contributed by atoms with Crippen LogP contribution >= 0.6 is 12.2 Å². The highest BCUT2D eigenvalue weighted by Gasteiger charge is 2.22. The van der Waals surface area contributed by atoms with Crippen LogP contribution in [0.4, 0.5) is 0 Å². The Labute approximate surface area is 91.3 Å². The van der Waals surface area contributed by atoms with Gasteiger partial charge in [0.15, 0.2) is 0 Å². The van der Waals surface area contributed by atoms with Gasteiger partial charge < -0.3 is 10.8 Å². The second-order valence-electron chi connectivity index (χ2n) is 3.94. The number of aliphatic hydroxyl groups is 1. The molecule has 0 spiro atoms. The van der Waals surface area contributed by atoms with Crippen molar-refractivity contribution in [3.8, 4) is 0 Å². The van der Waals surface area contributed by atoms with Crippen LogP contribution in [0.1, 0.15) is 32.1 Å². The summed E-state index contributed by atoms with van der Waals surface area (Å²) in [5.74, 6) is 0. The van der Waals surface area contributed by atoms with Gasteiger partial charge in [0.2, 0.25) is 0 Å². The summed E-state index contributed by atoms with van der Waals surface area (Å²) in [7, 11) is 0. The van der Waals surface area contributed by atoms with E-state index in [1.54, 1.807) is 0 Å². The van der Waals surface area contributed by atoms with Crippen LogP contribution in [0.25, 0.3) is 0 Å². The minimum Gasteiger partial charge on any atom is -0.395 e. The fourth-order valence-electron chi connectivity index (χ4n) is 2.01. The Morgan fingerprint density at radius 2 is 2.29 bits per heavy atom. The third-order valence-corrected chi connectivity index (χ3v) is 3.03. The number of nitrogens with two attached hydrogens (primary N) is 1. The SMILES string of the molecule is NC(=S)CCCCN1CCCC1CO. The molecule has 1 aliphatic rings. The van der Waals surface area contributed by atoms with E-state index in [9.17, 15) is 0 Å². The smallest absolute Gasteiger partial charge is 0.0727 e. The first kappa shape index (κ1) is 11.9. The van der Waals surface area contributed by atoms with Crippen molar-refractivity contribution in [1.29, 1.82) is 0 Å². The first-order valence-corrected chi connectivity index (χ1v) is 5.78. The highest BCUT2D eigenvalue weighted by molar-refractivity contribution is 7.80. The molecule has 14 heavy (non-hydrogen) atoms. The highest BCUT2D eigenvalue weighted by atomic mass is 32.1. The largest absolute Gasteiger partial charge is 0.395 e. The van der Waals surface area contributed by atoms with Crippen LogP contribution in [0.2, 0.25) is 0 Å². The fourth-order valence-corrected chi connectivity index (χ4v) is 2.15. The highest BCUT2D eigenvalue weighted by Crippen LogP contribution is 2.17. The summed E-state index contributed by atoms with van der Waals surface area (Å²) in [6, 6.07) is 0.403. The summed E-state index contributed by atoms with van der Waals surface area (Å²) in [5.41, 5.74) is 5.42. The summed E-state index contributed by atoms with van der Waals surface area (Å²) in [6.45, 7) is 2.52. The second-order valence-corrected chi connectivity index (χ2v) is 4.46. The van der Waals surface area contributed by atoms with Crippen molar-refractivity contribution in [3.05, 3.63) is 0 Å². The zero-order valence-electron chi connectivity index (χ0n) is 8.61. The van der Waals surface area contributed by atoms with E-state index >= 15 is 0 Å². The molecule has 1 heterocycles. The van der Waals surface area contributed by atoms with Gasteiger partial charge in [-0.3, -0.25) is 4.90 Å². The molecule has 4 heteroatoms. The van der Waals surface area contributed by atoms with E-state index in [2.05, 4.69) is 4.90 Å². The summed E-state index contributed by atoms with van der Waals surface area (Å²) >= 11 is 4.81. The monoisotopic (exact) mass is 216 g/mol. The number of likely N-dealkylation sites (tertiary alicyclic amines) is 1. The number of aliphatic hydroxyl groups excluding tert-OH is 1. The van der Waals surface area contributed by atoms with Crippen LogP contribution in [0, 0.1) is 0 Å². The molecule has 0 aromatic heterocycles. The van der Waals surface area contributed by atoms with Gasteiger partial charge in [0.05, 0.1) is 11.6 Å². The molecule has 1 atom stereocenters. The van der Waals surface area contributed by atoms with Gasteiger partial charge in [-0.1, -0.05) is 12.2 Å². The molecule has 1 aliphatic heterocycles. The normalized spacial score (nSPS) is 22.8. The molecule has 82 valence electrons. The topological polar surface area (TPSA) is 49.5 Å². The Kier molecular flexibility index (Phi) is 5.37. The molecule has 0 saturated carbocycles. The molecule has 0 radical (unpaired) electrons. The fraction of sp³-hybridized carbons (Fsp3) is 0.900. The minimum atomic E-state index is 0.301. The molecule has 1 rings (SSSR count). The molecule has 0 aromatic rings. The van der Waals surface area contributed by atoms with E-state index in [1.165, 1.54) is 6.42 Å². The number of thiocarbonyl (C=S) groups is 1. The predicted molar refractivity (Wildman–Crippen MR) is 62.3 cm³/mol. The average Bonchev–Trinajstić information content (AvgIpc) is 2.59. The quantitative estimate of drug-likeness (QED) is 0.511. The summed E-state index contributed by atoms with van der Waals surface area (Å²) in [6.07, 6.45) is 5.43. The Balaban J connectivity index is 2.08. The van der Waals surface area contributed by atoms with Crippen molar-refractivity contribution in [3.63, 3.8) is 0 Å². The van der Waals surface area contributed by atoms with E-state index in [-0.39, 0.29) is 0 Å². The molecular formula is C10H20N2OS. The lowest BCUT2D eigenvalue weighted by molar-refractivity contribution is 0.157. The van der Waals surface area contributed by atoms with E-state index in [0.717, 1.165) is 38.8 Å². The zero-order chi connectivity index (χ0) is 10.4. The van der Waals surface area contributed by atoms with Crippen molar-refractivity contribution >= 4 is 17.2 Å². The molecule has 3 nitrogen and oxygen atoms in total. The van der Waals surface area contributed by atoms with E-state index in [0.29, 0.717) is 17.6 Å². The maximum absolute atomic E-state index is 9.10. The molecule has 0 bridgehead atoms. The van der Waals surface area contributed by atoms with Gasteiger partial charge in [-0.2, -0.15) is 0 Å². The number of nitrogens with zero attached hydrogens (tertiary/aromatic N) is 1. The van der Waals surface area contributed by atoms with Gasteiger partial charge in [-0.25, -0.2) is 0 Å². The van der Waals surface area contributed by atoms with Gasteiger partial charge in [-0.15, -0.1) is 0 Å². The van der Waals surface area contributed by atoms with Gasteiger partial charge >= 0.3 is 0 Å². The second kappa shape index (κ2) is 6.32. The van der Waals surface area contributed by atoms with E-state index in [1.807, 2.05) is 0 Å². The number of hydrogen-bond donors (Lipinski definition) is 2. The third-order valence-electron chi connectivity index (χ3n) is 2.83. The first-order valence-electron chi connectivity index (χ1n) is 5.37. The van der Waals surface area contributed by atoms with Crippen molar-refractivity contribution in [2.24, 2.45) is 5.73 Å². The van der Waals surface area contributed by atoms with Crippen molar-refractivity contribution in [1.82, 2.24) is 4.90 Å². The standard InChI is InChI=1S/C10H20N2OS/c11-10(14)5-1-2-6-12-7-3-4-9(12)8-13/h9,13H,1-8H2,(H2,11,14). The van der Waals surface area contributed by atoms with Gasteiger partial charge in [-0.05, 0) is 45.2 Å². The maximum atomic E-state index is 9.10. The molecule has 0 aliphatic carbocycles. The molecular weight excluding hydrogens is 196 g/mol. The molecule has 3 N–H and O–H groups in total. The van der Waals surface area contributed by atoms with Crippen molar-refractivity contribution in [2.75, 3.05) is 19.7 Å². The summed E-state index contributed by atoms with van der Waals surface area (Å²) < 4.78 is 0. The Morgan fingerprint density at radius 3 is 2.93 bits per heavy atom. The lowest BCUT2D eigenvalue weighted by atomic mass is 10.2. The maximum Gasteiger partial charge on any atom is 0.0727 e. The molecule has 1 unspecified atom stereocenters. The Hall–Kier alpha value is -0.190. The number of hydrogen-bond acceptors (Lipinski definition) is 3. The lowest BCUT2D eigenvalue weighted by Gasteiger charge is -2.22. The van der Waals surface area contributed by atoms with Crippen LogP contribution in [0.15, 0.2) is 0 Å². The van der Waals surface area contributed by atoms with Crippen LogP contribution in [-0.2, 0) is 0 Å². The zero-order valence-corrected chi connectivity index (χ0v) is 9.43. The van der Waals surface area contributed by atoms with E-state index < -0.39 is 0 Å². The average molecular weight is 216 g/mol. The van der Waals surface area contributed by atoms with Crippen LogP contribution in [0.5, 0.6) is 0 Å². The summed E-state index contributed by atoms with van der Waals surface area (Å²) in [4.78, 5) is 2.99. The Morgan fingerprint density at radius 1 is 1.50 bits per heavy atom. The molecule has 0 aromatic carbocycles. The molecule has 1 fully saturated rings. The third kappa shape index (κ3) is 3.90. The lowest BCUT2D eigenvalue weighted by Crippen LogP contribution is -2.33. The molecule has 0 amide bonds. The van der Waals surface area contributed by atoms with Crippen LogP contribution in [0.3, 0.4) is 0 Å². The molecule has 1 saturated heterocycles. The predicted octanol–water partition coefficient (Wildman–Crippen LogP) is 0.899. The van der Waals surface area contributed by atoms with Crippen molar-refractivity contribution < 1.29 is 5.11 Å². The first-order chi connectivity index (χ1) is 6.74. The summed E-state index contributed by atoms with van der Waals surface area (Å²) in [5, 5.41) is 9.10. The number of unbranched alkanes of at least 4 members (excludes halogenated alkanes) is 1. The number of rotatable bonds is 6. The van der Waals surface area contributed by atoms with E-state index in [4.69, 9.17) is 23.1 Å². The minimum absolute atomic E-state index is 0.301. The van der Waals surface area contributed by atoms with Crippen LogP contribution < -0.4 is 5.73 Å². The van der Waals surface area contributed by atoms with Gasteiger partial charge in [0, 0.05) is 6.04 Å². The van der Waals surface area contributed by atoms with Gasteiger partial charge in [0.1, 0.15) is 0 Å². The van der Waals surface area contributed by atoms with Crippen LogP contribution in [-0.4, -0.2) is 40.7 Å². The van der Waals surface area contributed by atoms with Crippen molar-refractivity contribution in [2.45, 2.75) is 38.1 Å². The van der Waals surface area contributed by atoms with Gasteiger partial charge in [0.25, 0.3) is 0 Å². The Bertz CT molecular complexity index is 187.